The first-order valence-electron chi connectivity index (χ1n) is 8.64. The van der Waals surface area contributed by atoms with Crippen molar-refractivity contribution in [1.82, 2.24) is 10.2 Å². The molecular weight excluding hydrogens is 262 g/mol. The topological polar surface area (TPSA) is 56.1 Å². The van der Waals surface area contributed by atoms with Crippen molar-refractivity contribution in [3.8, 4) is 6.07 Å². The van der Waals surface area contributed by atoms with Crippen LogP contribution in [0.25, 0.3) is 0 Å². The zero-order valence-electron chi connectivity index (χ0n) is 13.4. The van der Waals surface area contributed by atoms with Gasteiger partial charge in [0, 0.05) is 0 Å². The number of nitrogens with zero attached hydrogens (tertiary/aromatic N) is 2. The maximum Gasteiger partial charge on any atom is 0.238 e. The van der Waals surface area contributed by atoms with Crippen LogP contribution in [0, 0.1) is 11.3 Å². The first-order chi connectivity index (χ1) is 10.2. The molecule has 118 valence electrons. The van der Waals surface area contributed by atoms with Gasteiger partial charge in [-0.3, -0.25) is 9.69 Å². The van der Waals surface area contributed by atoms with Gasteiger partial charge in [-0.1, -0.05) is 38.5 Å². The highest BCUT2D eigenvalue weighted by atomic mass is 16.2. The van der Waals surface area contributed by atoms with Gasteiger partial charge in [-0.15, -0.1) is 0 Å². The number of amides is 1. The van der Waals surface area contributed by atoms with E-state index in [1.54, 1.807) is 0 Å². The Balaban J connectivity index is 1.92. The van der Waals surface area contributed by atoms with Gasteiger partial charge in [0.15, 0.2) is 0 Å². The molecule has 1 amide bonds. The molecular formula is C17H29N3O. The van der Waals surface area contributed by atoms with E-state index in [0.717, 1.165) is 38.8 Å². The molecule has 1 atom stereocenters. The Morgan fingerprint density at radius 1 is 1.05 bits per heavy atom. The lowest BCUT2D eigenvalue weighted by atomic mass is 9.82. The standard InChI is InChI=1S/C17H29N3O/c1-15(20-12-8-3-2-4-9-13-20)16(21)19-17(14-18)10-6-5-7-11-17/h15H,2-13H2,1H3,(H,19,21). The molecule has 1 heterocycles. The normalized spacial score (nSPS) is 25.1. The fourth-order valence-corrected chi connectivity index (χ4v) is 3.59. The van der Waals surface area contributed by atoms with E-state index in [-0.39, 0.29) is 11.9 Å². The summed E-state index contributed by atoms with van der Waals surface area (Å²) >= 11 is 0. The second-order valence-electron chi connectivity index (χ2n) is 6.72. The summed E-state index contributed by atoms with van der Waals surface area (Å²) in [6.07, 6.45) is 11.1. The van der Waals surface area contributed by atoms with E-state index >= 15 is 0 Å². The molecule has 0 aromatic carbocycles. The molecule has 2 fully saturated rings. The van der Waals surface area contributed by atoms with Crippen LogP contribution in [0.1, 0.15) is 71.1 Å². The van der Waals surface area contributed by atoms with Gasteiger partial charge in [0.25, 0.3) is 0 Å². The number of hydrogen-bond donors (Lipinski definition) is 1. The summed E-state index contributed by atoms with van der Waals surface area (Å²) in [5.41, 5.74) is -0.605. The minimum Gasteiger partial charge on any atom is -0.336 e. The number of rotatable bonds is 3. The number of likely N-dealkylation sites (tertiary alicyclic amines) is 1. The third-order valence-electron chi connectivity index (χ3n) is 5.10. The molecule has 4 heteroatoms. The lowest BCUT2D eigenvalue weighted by molar-refractivity contribution is -0.127. The van der Waals surface area contributed by atoms with Crippen LogP contribution >= 0.6 is 0 Å². The van der Waals surface area contributed by atoms with Gasteiger partial charge in [0.05, 0.1) is 12.1 Å². The van der Waals surface area contributed by atoms with E-state index in [4.69, 9.17) is 0 Å². The Labute approximate surface area is 128 Å². The number of nitriles is 1. The molecule has 0 radical (unpaired) electrons. The second-order valence-corrected chi connectivity index (χ2v) is 6.72. The predicted molar refractivity (Wildman–Crippen MR) is 83.7 cm³/mol. The third kappa shape index (κ3) is 4.44. The molecule has 0 aromatic heterocycles. The van der Waals surface area contributed by atoms with Gasteiger partial charge < -0.3 is 5.32 Å². The van der Waals surface area contributed by atoms with Crippen molar-refractivity contribution in [3.05, 3.63) is 0 Å². The van der Waals surface area contributed by atoms with Crippen molar-refractivity contribution in [3.63, 3.8) is 0 Å². The Morgan fingerprint density at radius 2 is 1.57 bits per heavy atom. The van der Waals surface area contributed by atoms with E-state index < -0.39 is 5.54 Å². The quantitative estimate of drug-likeness (QED) is 0.869. The summed E-state index contributed by atoms with van der Waals surface area (Å²) < 4.78 is 0. The van der Waals surface area contributed by atoms with E-state index in [0.29, 0.717) is 0 Å². The van der Waals surface area contributed by atoms with E-state index in [1.807, 2.05) is 6.92 Å². The highest BCUT2D eigenvalue weighted by molar-refractivity contribution is 5.82. The minimum atomic E-state index is -0.605. The van der Waals surface area contributed by atoms with Crippen LogP contribution in [-0.4, -0.2) is 35.5 Å². The van der Waals surface area contributed by atoms with Gasteiger partial charge in [0.2, 0.25) is 5.91 Å². The lowest BCUT2D eigenvalue weighted by Crippen LogP contribution is -2.55. The Bertz CT molecular complexity index is 374. The van der Waals surface area contributed by atoms with Gasteiger partial charge in [0.1, 0.15) is 5.54 Å². The molecule has 1 aliphatic heterocycles. The summed E-state index contributed by atoms with van der Waals surface area (Å²) in [4.78, 5) is 14.9. The van der Waals surface area contributed by atoms with Crippen LogP contribution in [0.5, 0.6) is 0 Å². The maximum absolute atomic E-state index is 12.6. The minimum absolute atomic E-state index is 0.0408. The maximum atomic E-state index is 12.6. The largest absolute Gasteiger partial charge is 0.336 e. The Kier molecular flexibility index (Phi) is 6.05. The summed E-state index contributed by atoms with van der Waals surface area (Å²) in [6, 6.07) is 2.26. The van der Waals surface area contributed by atoms with Crippen LogP contribution in [-0.2, 0) is 4.79 Å². The molecule has 2 aliphatic rings. The van der Waals surface area contributed by atoms with Crippen molar-refractivity contribution < 1.29 is 4.79 Å². The van der Waals surface area contributed by atoms with E-state index in [1.165, 1.54) is 38.5 Å². The summed E-state index contributed by atoms with van der Waals surface area (Å²) in [7, 11) is 0. The molecule has 1 saturated carbocycles. The van der Waals surface area contributed by atoms with Crippen molar-refractivity contribution in [2.24, 2.45) is 0 Å². The Hall–Kier alpha value is -1.08. The molecule has 0 aromatic rings. The van der Waals surface area contributed by atoms with E-state index in [2.05, 4.69) is 16.3 Å². The Morgan fingerprint density at radius 3 is 2.14 bits per heavy atom. The first kappa shape index (κ1) is 16.3. The van der Waals surface area contributed by atoms with Crippen LogP contribution in [0.15, 0.2) is 0 Å². The summed E-state index contributed by atoms with van der Waals surface area (Å²) in [5, 5.41) is 12.6. The monoisotopic (exact) mass is 291 g/mol. The SMILES string of the molecule is CC(C(=O)NC1(C#N)CCCCC1)N1CCCCCCC1. The molecule has 4 nitrogen and oxygen atoms in total. The number of carbonyl (C=O) groups is 1. The van der Waals surface area contributed by atoms with Gasteiger partial charge in [-0.2, -0.15) is 5.26 Å². The smallest absolute Gasteiger partial charge is 0.238 e. The molecule has 0 bridgehead atoms. The predicted octanol–water partition coefficient (Wildman–Crippen LogP) is 2.98. The molecule has 1 unspecified atom stereocenters. The molecule has 21 heavy (non-hydrogen) atoms. The van der Waals surface area contributed by atoms with Crippen molar-refractivity contribution in [2.45, 2.75) is 82.7 Å². The van der Waals surface area contributed by atoms with Crippen LogP contribution in [0.4, 0.5) is 0 Å². The van der Waals surface area contributed by atoms with E-state index in [9.17, 15) is 10.1 Å². The fourth-order valence-electron chi connectivity index (χ4n) is 3.59. The molecule has 1 N–H and O–H groups in total. The highest BCUT2D eigenvalue weighted by Gasteiger charge is 2.35. The second kappa shape index (κ2) is 7.79. The molecule has 1 aliphatic carbocycles. The number of nitrogens with one attached hydrogen (secondary N) is 1. The molecule has 1 saturated heterocycles. The summed E-state index contributed by atoms with van der Waals surface area (Å²) in [6.45, 7) is 4.01. The van der Waals surface area contributed by atoms with Crippen molar-refractivity contribution >= 4 is 5.91 Å². The van der Waals surface area contributed by atoms with Crippen molar-refractivity contribution in [2.75, 3.05) is 13.1 Å². The number of hydrogen-bond acceptors (Lipinski definition) is 3. The summed E-state index contributed by atoms with van der Waals surface area (Å²) in [5.74, 6) is 0.0408. The van der Waals surface area contributed by atoms with Crippen LogP contribution < -0.4 is 5.32 Å². The average molecular weight is 291 g/mol. The van der Waals surface area contributed by atoms with Crippen LogP contribution in [0.2, 0.25) is 0 Å². The van der Waals surface area contributed by atoms with Crippen LogP contribution in [0.3, 0.4) is 0 Å². The molecule has 0 spiro atoms. The average Bonchev–Trinajstić information content (AvgIpc) is 2.47. The lowest BCUT2D eigenvalue weighted by Gasteiger charge is -2.35. The van der Waals surface area contributed by atoms with Gasteiger partial charge in [-0.25, -0.2) is 0 Å². The first-order valence-corrected chi connectivity index (χ1v) is 8.64. The third-order valence-corrected chi connectivity index (χ3v) is 5.10. The van der Waals surface area contributed by atoms with Gasteiger partial charge in [-0.05, 0) is 45.7 Å². The van der Waals surface area contributed by atoms with Crippen molar-refractivity contribution in [1.29, 1.82) is 5.26 Å². The molecule has 2 rings (SSSR count). The highest BCUT2D eigenvalue weighted by Crippen LogP contribution is 2.27. The zero-order valence-corrected chi connectivity index (χ0v) is 13.4. The fraction of sp³-hybridized carbons (Fsp3) is 0.882. The zero-order chi connectivity index (χ0) is 15.1. The van der Waals surface area contributed by atoms with Gasteiger partial charge >= 0.3 is 0 Å². The number of carbonyl (C=O) groups excluding carboxylic acids is 1.